The van der Waals surface area contributed by atoms with E-state index in [1.807, 2.05) is 0 Å². The first-order valence-corrected chi connectivity index (χ1v) is 21.3. The summed E-state index contributed by atoms with van der Waals surface area (Å²) >= 11 is 6.87. The van der Waals surface area contributed by atoms with Gasteiger partial charge in [0.2, 0.25) is 0 Å². The van der Waals surface area contributed by atoms with Gasteiger partial charge in [0, 0.05) is 15.9 Å². The van der Waals surface area contributed by atoms with E-state index in [0.717, 1.165) is 0 Å². The highest BCUT2D eigenvalue weighted by atomic mass is 33.6. The summed E-state index contributed by atoms with van der Waals surface area (Å²) in [6.07, 6.45) is -1.02. The summed E-state index contributed by atoms with van der Waals surface area (Å²) in [5, 5.41) is 4.86. The van der Waals surface area contributed by atoms with Crippen molar-refractivity contribution in [1.82, 2.24) is 0 Å². The average Bonchev–Trinajstić information content (AvgIpc) is 2.65. The molecule has 1 aliphatic heterocycles. The van der Waals surface area contributed by atoms with Gasteiger partial charge in [-0.3, -0.25) is 0 Å². The molecule has 0 saturated carbocycles. The molecule has 6 heteroatoms. The summed E-state index contributed by atoms with van der Waals surface area (Å²) in [6.45, 7) is 20.7. The van der Waals surface area contributed by atoms with E-state index in [1.54, 1.807) is 15.9 Å². The Morgan fingerprint density at radius 1 is 0.364 bits per heavy atom. The smallest absolute Gasteiger partial charge is 0.0557 e. The predicted octanol–water partition coefficient (Wildman–Crippen LogP) is 9.89. The molecule has 0 spiro atoms. The molecule has 1 fully saturated rings. The Balaban J connectivity index is 1.85. The highest BCUT2D eigenvalue weighted by Crippen LogP contribution is 2.96. The molecule has 0 aliphatic carbocycles. The quantitative estimate of drug-likeness (QED) is 0.300. The Labute approximate surface area is 215 Å². The lowest BCUT2D eigenvalue weighted by atomic mass is 10.1. The van der Waals surface area contributed by atoms with Gasteiger partial charge >= 0.3 is 0 Å². The monoisotopic (exact) mass is 546 g/mol. The van der Waals surface area contributed by atoms with Crippen LogP contribution < -0.4 is 15.9 Å². The largest absolute Gasteiger partial charge is 0.0736 e. The summed E-state index contributed by atoms with van der Waals surface area (Å²) in [7, 11) is 0. The molecule has 0 unspecified atom stereocenters. The first kappa shape index (κ1) is 26.1. The van der Waals surface area contributed by atoms with E-state index in [-0.39, 0.29) is 19.0 Å². The molecule has 0 atom stereocenters. The van der Waals surface area contributed by atoms with Gasteiger partial charge in [-0.2, -0.15) is 0 Å². The summed E-state index contributed by atoms with van der Waals surface area (Å²) in [4.78, 5) is 0. The zero-order valence-corrected chi connectivity index (χ0v) is 26.2. The van der Waals surface area contributed by atoms with E-state index in [9.17, 15) is 0 Å². The molecule has 1 aliphatic rings. The third-order valence-corrected chi connectivity index (χ3v) is 34.8. The van der Waals surface area contributed by atoms with E-state index in [2.05, 4.69) is 132 Å². The van der Waals surface area contributed by atoms with Gasteiger partial charge in [0.1, 0.15) is 0 Å². The van der Waals surface area contributed by atoms with Crippen molar-refractivity contribution >= 4 is 67.9 Å². The lowest BCUT2D eigenvalue weighted by Gasteiger charge is -2.37. The molecule has 0 N–H and O–H groups in total. The molecule has 1 saturated heterocycles. The van der Waals surface area contributed by atoms with Crippen LogP contribution in [0.3, 0.4) is 0 Å². The minimum absolute atomic E-state index is 0.342. The molecule has 3 aromatic carbocycles. The number of hydrogen-bond donors (Lipinski definition) is 0. The van der Waals surface area contributed by atoms with Crippen LogP contribution in [0, 0.1) is 62.3 Å². The molecule has 0 bridgehead atoms. The van der Waals surface area contributed by atoms with Crippen LogP contribution in [0.15, 0.2) is 36.4 Å². The van der Waals surface area contributed by atoms with E-state index >= 15 is 0 Å². The molecule has 33 heavy (non-hydrogen) atoms. The van der Waals surface area contributed by atoms with Crippen LogP contribution in [0.25, 0.3) is 0 Å². The Kier molecular flexibility index (Phi) is 8.33. The number of benzene rings is 3. The van der Waals surface area contributed by atoms with Crippen molar-refractivity contribution in [3.05, 3.63) is 86.5 Å². The summed E-state index contributed by atoms with van der Waals surface area (Å²) in [5.74, 6) is 0. The van der Waals surface area contributed by atoms with Crippen LogP contribution in [0.1, 0.15) is 50.1 Å². The number of aryl methyl sites for hydroxylation is 9. The van der Waals surface area contributed by atoms with E-state index in [4.69, 9.17) is 0 Å². The van der Waals surface area contributed by atoms with Gasteiger partial charge < -0.3 is 0 Å². The van der Waals surface area contributed by atoms with Gasteiger partial charge in [0.15, 0.2) is 0 Å². The standard InChI is InChI=1S/C27H33P3S3/c1-16-10-19(4)25(20(5)11-16)28-31-29(26-21(6)12-17(2)13-22(26)7)33-30(32-28)27-23(8)14-18(3)15-24(27)9/h10-15H,1-9H3. The summed E-state index contributed by atoms with van der Waals surface area (Å²) < 4.78 is 0. The van der Waals surface area contributed by atoms with Crippen LogP contribution in [0.2, 0.25) is 0 Å². The third kappa shape index (κ3) is 5.56. The maximum Gasteiger partial charge on any atom is 0.0557 e. The van der Waals surface area contributed by atoms with Gasteiger partial charge in [-0.25, -0.2) is 0 Å². The average molecular weight is 547 g/mol. The Morgan fingerprint density at radius 2 is 0.545 bits per heavy atom. The molecule has 4 rings (SSSR count). The second-order valence-corrected chi connectivity index (χ2v) is 27.2. The van der Waals surface area contributed by atoms with Crippen molar-refractivity contribution in [3.8, 4) is 0 Å². The van der Waals surface area contributed by atoms with Gasteiger partial charge in [-0.05, 0) is 95.7 Å². The van der Waals surface area contributed by atoms with Crippen LogP contribution in [0.5, 0.6) is 0 Å². The Bertz CT molecular complexity index is 995. The second-order valence-electron chi connectivity index (χ2n) is 9.26. The molecular formula is C27H33P3S3. The maximum absolute atomic E-state index is 2.39. The van der Waals surface area contributed by atoms with Gasteiger partial charge in [-0.15, -0.1) is 0 Å². The minimum atomic E-state index is -0.342. The van der Waals surface area contributed by atoms with Crippen molar-refractivity contribution < 1.29 is 0 Å². The van der Waals surface area contributed by atoms with Gasteiger partial charge in [0.05, 0.1) is 19.0 Å². The maximum atomic E-state index is 2.39. The normalized spacial score (nSPS) is 20.8. The zero-order chi connectivity index (χ0) is 24.0. The van der Waals surface area contributed by atoms with Gasteiger partial charge in [0.25, 0.3) is 0 Å². The Morgan fingerprint density at radius 3 is 0.727 bits per heavy atom. The second kappa shape index (κ2) is 10.5. The fourth-order valence-electron chi connectivity index (χ4n) is 4.87. The van der Waals surface area contributed by atoms with Crippen molar-refractivity contribution in [2.75, 3.05) is 0 Å². The van der Waals surface area contributed by atoms with E-state index in [1.165, 1.54) is 50.1 Å². The van der Waals surface area contributed by atoms with Crippen LogP contribution in [-0.2, 0) is 0 Å². The summed E-state index contributed by atoms with van der Waals surface area (Å²) in [5.41, 5.74) is 13.0. The van der Waals surface area contributed by atoms with E-state index in [0.29, 0.717) is 0 Å². The van der Waals surface area contributed by atoms with Crippen LogP contribution in [0.4, 0.5) is 0 Å². The molecular weight excluding hydrogens is 513 g/mol. The molecule has 3 aromatic rings. The Hall–Kier alpha value is -0.000000000000000111. The van der Waals surface area contributed by atoms with Crippen molar-refractivity contribution in [3.63, 3.8) is 0 Å². The predicted molar refractivity (Wildman–Crippen MR) is 164 cm³/mol. The molecule has 1 heterocycles. The fourth-order valence-corrected chi connectivity index (χ4v) is 48.8. The molecule has 174 valence electrons. The molecule has 0 amide bonds. The van der Waals surface area contributed by atoms with Crippen LogP contribution >= 0.6 is 52.0 Å². The minimum Gasteiger partial charge on any atom is -0.0736 e. The molecule has 0 nitrogen and oxygen atoms in total. The lowest BCUT2D eigenvalue weighted by molar-refractivity contribution is 1.36. The van der Waals surface area contributed by atoms with Crippen molar-refractivity contribution in [2.45, 2.75) is 62.3 Å². The van der Waals surface area contributed by atoms with Gasteiger partial charge in [-0.1, -0.05) is 86.1 Å². The zero-order valence-electron chi connectivity index (χ0n) is 21.0. The fraction of sp³-hybridized carbons (Fsp3) is 0.333. The number of hydrogen-bond acceptors (Lipinski definition) is 3. The summed E-state index contributed by atoms with van der Waals surface area (Å²) in [6, 6.07) is 14.4. The highest BCUT2D eigenvalue weighted by Gasteiger charge is 2.37. The van der Waals surface area contributed by atoms with E-state index < -0.39 is 0 Å². The van der Waals surface area contributed by atoms with Crippen molar-refractivity contribution in [2.24, 2.45) is 0 Å². The van der Waals surface area contributed by atoms with Crippen LogP contribution in [-0.4, -0.2) is 0 Å². The lowest BCUT2D eigenvalue weighted by Crippen LogP contribution is -2.14. The number of rotatable bonds is 3. The third-order valence-electron chi connectivity index (χ3n) is 5.90. The SMILES string of the molecule is Cc1cc(C)c(P2SP(c3c(C)cc(C)cc3C)SP(c3c(C)cc(C)cc3C)S2)c(C)c1. The highest BCUT2D eigenvalue weighted by molar-refractivity contribution is 9.37. The van der Waals surface area contributed by atoms with Crippen molar-refractivity contribution in [1.29, 1.82) is 0 Å². The first-order valence-electron chi connectivity index (χ1n) is 11.2. The molecule has 0 aromatic heterocycles. The topological polar surface area (TPSA) is 0 Å². The first-order chi connectivity index (χ1) is 15.5. The molecule has 0 radical (unpaired) electrons.